The number of aromatic nitrogens is 1. The van der Waals surface area contributed by atoms with Crippen LogP contribution in [0.25, 0.3) is 10.9 Å². The van der Waals surface area contributed by atoms with Gasteiger partial charge in [0.1, 0.15) is 0 Å². The number of fused-ring (bicyclic) bond motifs is 1. The first-order chi connectivity index (χ1) is 8.18. The summed E-state index contributed by atoms with van der Waals surface area (Å²) in [6, 6.07) is 4.38. The van der Waals surface area contributed by atoms with Gasteiger partial charge in [-0.25, -0.2) is 8.42 Å². The van der Waals surface area contributed by atoms with Crippen molar-refractivity contribution in [2.45, 2.75) is 11.1 Å². The lowest BCUT2D eigenvalue weighted by atomic mass is 10.1. The Hall–Kier alpha value is -1.34. The predicted octanol–water partition coefficient (Wildman–Crippen LogP) is 3.18. The Morgan fingerprint density at radius 1 is 1.17 bits per heavy atom. The molecule has 0 spiro atoms. The minimum atomic E-state index is -4.49. The highest BCUT2D eigenvalue weighted by molar-refractivity contribution is 8.13. The first-order valence-electron chi connectivity index (χ1n) is 4.59. The third-order valence-corrected chi connectivity index (χ3v) is 3.62. The van der Waals surface area contributed by atoms with Crippen LogP contribution < -0.4 is 0 Å². The second-order valence-electron chi connectivity index (χ2n) is 3.51. The van der Waals surface area contributed by atoms with Crippen molar-refractivity contribution < 1.29 is 21.6 Å². The predicted molar refractivity (Wildman–Crippen MR) is 59.8 cm³/mol. The number of pyridine rings is 1. The van der Waals surface area contributed by atoms with Crippen LogP contribution in [0.3, 0.4) is 0 Å². The molecule has 96 valence electrons. The van der Waals surface area contributed by atoms with Crippen LogP contribution in [0.2, 0.25) is 0 Å². The maximum absolute atomic E-state index is 12.4. The summed E-state index contributed by atoms with van der Waals surface area (Å²) >= 11 is 0. The number of halogens is 4. The van der Waals surface area contributed by atoms with Crippen LogP contribution in [0.15, 0.2) is 35.4 Å². The standard InChI is InChI=1S/C10H5ClF3NO2S/c11-18(16,17)8-2-1-6-3-7(10(12,13)14)5-15-9(6)4-8/h1-5H. The molecule has 0 aliphatic carbocycles. The molecule has 1 aromatic heterocycles. The minimum Gasteiger partial charge on any atom is -0.256 e. The van der Waals surface area contributed by atoms with Gasteiger partial charge in [0.15, 0.2) is 0 Å². The van der Waals surface area contributed by atoms with E-state index < -0.39 is 20.8 Å². The highest BCUT2D eigenvalue weighted by Crippen LogP contribution is 2.31. The number of alkyl halides is 3. The van der Waals surface area contributed by atoms with Crippen molar-refractivity contribution in [2.24, 2.45) is 0 Å². The van der Waals surface area contributed by atoms with E-state index in [2.05, 4.69) is 4.98 Å². The fourth-order valence-electron chi connectivity index (χ4n) is 1.41. The lowest BCUT2D eigenvalue weighted by molar-refractivity contribution is -0.137. The molecule has 0 aliphatic heterocycles. The van der Waals surface area contributed by atoms with Crippen molar-refractivity contribution in [2.75, 3.05) is 0 Å². The number of hydrogen-bond acceptors (Lipinski definition) is 3. The zero-order valence-electron chi connectivity index (χ0n) is 8.57. The molecular weight excluding hydrogens is 291 g/mol. The molecule has 18 heavy (non-hydrogen) atoms. The molecule has 1 aromatic carbocycles. The first kappa shape index (κ1) is 13.1. The molecular formula is C10H5ClF3NO2S. The van der Waals surface area contributed by atoms with E-state index >= 15 is 0 Å². The first-order valence-corrected chi connectivity index (χ1v) is 6.90. The summed E-state index contributed by atoms with van der Waals surface area (Å²) in [5.74, 6) is 0. The SMILES string of the molecule is O=S(=O)(Cl)c1ccc2cc(C(F)(F)F)cnc2c1. The summed E-state index contributed by atoms with van der Waals surface area (Å²) in [7, 11) is 1.20. The van der Waals surface area contributed by atoms with Crippen LogP contribution in [-0.4, -0.2) is 13.4 Å². The van der Waals surface area contributed by atoms with E-state index in [-0.39, 0.29) is 15.8 Å². The van der Waals surface area contributed by atoms with Crippen molar-refractivity contribution in [3.63, 3.8) is 0 Å². The lowest BCUT2D eigenvalue weighted by Gasteiger charge is -2.07. The van der Waals surface area contributed by atoms with Crippen LogP contribution in [0.1, 0.15) is 5.56 Å². The van der Waals surface area contributed by atoms with Gasteiger partial charge < -0.3 is 0 Å². The van der Waals surface area contributed by atoms with Gasteiger partial charge in [-0.1, -0.05) is 6.07 Å². The number of rotatable bonds is 1. The van der Waals surface area contributed by atoms with Crippen LogP contribution in [0, 0.1) is 0 Å². The molecule has 0 saturated carbocycles. The van der Waals surface area contributed by atoms with Gasteiger partial charge in [-0.05, 0) is 18.2 Å². The van der Waals surface area contributed by atoms with E-state index in [0.717, 1.165) is 18.2 Å². The Labute approximate surface area is 105 Å². The van der Waals surface area contributed by atoms with Gasteiger partial charge in [-0.15, -0.1) is 0 Å². The monoisotopic (exact) mass is 295 g/mol. The highest BCUT2D eigenvalue weighted by atomic mass is 35.7. The van der Waals surface area contributed by atoms with Gasteiger partial charge in [0.2, 0.25) is 0 Å². The van der Waals surface area contributed by atoms with Crippen LogP contribution in [0.5, 0.6) is 0 Å². The summed E-state index contributed by atoms with van der Waals surface area (Å²) in [6.07, 6.45) is -3.84. The zero-order chi connectivity index (χ0) is 13.6. The van der Waals surface area contributed by atoms with E-state index in [0.29, 0.717) is 6.20 Å². The second-order valence-corrected chi connectivity index (χ2v) is 6.08. The third kappa shape index (κ3) is 2.56. The Bertz CT molecular complexity index is 713. The fourth-order valence-corrected chi connectivity index (χ4v) is 2.18. The molecule has 2 rings (SSSR count). The average molecular weight is 296 g/mol. The highest BCUT2D eigenvalue weighted by Gasteiger charge is 2.31. The summed E-state index contributed by atoms with van der Waals surface area (Å²) < 4.78 is 59.4. The quantitative estimate of drug-likeness (QED) is 0.759. The van der Waals surface area contributed by atoms with E-state index in [1.807, 2.05) is 0 Å². The molecule has 2 aromatic rings. The van der Waals surface area contributed by atoms with E-state index in [4.69, 9.17) is 10.7 Å². The van der Waals surface area contributed by atoms with Crippen molar-refractivity contribution in [3.8, 4) is 0 Å². The Morgan fingerprint density at radius 3 is 2.39 bits per heavy atom. The third-order valence-electron chi connectivity index (χ3n) is 2.26. The van der Waals surface area contributed by atoms with Crippen LogP contribution >= 0.6 is 10.7 Å². The van der Waals surface area contributed by atoms with E-state index in [1.165, 1.54) is 6.07 Å². The van der Waals surface area contributed by atoms with Crippen molar-refractivity contribution in [3.05, 3.63) is 36.0 Å². The van der Waals surface area contributed by atoms with Crippen LogP contribution in [-0.2, 0) is 15.2 Å². The zero-order valence-corrected chi connectivity index (χ0v) is 10.1. The van der Waals surface area contributed by atoms with Crippen molar-refractivity contribution in [1.82, 2.24) is 4.98 Å². The fraction of sp³-hybridized carbons (Fsp3) is 0.100. The molecule has 0 fully saturated rings. The summed E-state index contributed by atoms with van der Waals surface area (Å²) in [5, 5.41) is 0.189. The van der Waals surface area contributed by atoms with Gasteiger partial charge in [-0.3, -0.25) is 4.98 Å². The molecule has 0 unspecified atom stereocenters. The molecule has 0 amide bonds. The molecule has 8 heteroatoms. The van der Waals surface area contributed by atoms with Crippen molar-refractivity contribution >= 4 is 30.6 Å². The molecule has 0 saturated heterocycles. The number of benzene rings is 1. The molecule has 1 heterocycles. The van der Waals surface area contributed by atoms with Gasteiger partial charge in [-0.2, -0.15) is 13.2 Å². The molecule has 0 N–H and O–H groups in total. The Kier molecular flexibility index (Phi) is 2.98. The molecule has 0 radical (unpaired) electrons. The second kappa shape index (κ2) is 4.10. The van der Waals surface area contributed by atoms with Crippen molar-refractivity contribution in [1.29, 1.82) is 0 Å². The number of nitrogens with zero attached hydrogens (tertiary/aromatic N) is 1. The summed E-state index contributed by atoms with van der Waals surface area (Å²) in [5.41, 5.74) is -0.763. The maximum Gasteiger partial charge on any atom is 0.417 e. The summed E-state index contributed by atoms with van der Waals surface area (Å²) in [4.78, 5) is 3.37. The number of hydrogen-bond donors (Lipinski definition) is 0. The van der Waals surface area contributed by atoms with Gasteiger partial charge >= 0.3 is 6.18 Å². The summed E-state index contributed by atoms with van der Waals surface area (Å²) in [6.45, 7) is 0. The smallest absolute Gasteiger partial charge is 0.256 e. The normalized spacial score (nSPS) is 12.9. The van der Waals surface area contributed by atoms with Crippen LogP contribution in [0.4, 0.5) is 13.2 Å². The largest absolute Gasteiger partial charge is 0.417 e. The molecule has 0 aliphatic rings. The Balaban J connectivity index is 2.63. The van der Waals surface area contributed by atoms with Gasteiger partial charge in [0.25, 0.3) is 9.05 Å². The minimum absolute atomic E-state index is 0.129. The topological polar surface area (TPSA) is 47.0 Å². The van der Waals surface area contributed by atoms with E-state index in [9.17, 15) is 21.6 Å². The molecule has 0 bridgehead atoms. The average Bonchev–Trinajstić information content (AvgIpc) is 2.25. The Morgan fingerprint density at radius 2 is 1.83 bits per heavy atom. The van der Waals surface area contributed by atoms with E-state index in [1.54, 1.807) is 0 Å². The maximum atomic E-state index is 12.4. The molecule has 0 atom stereocenters. The lowest BCUT2D eigenvalue weighted by Crippen LogP contribution is -2.05. The van der Waals surface area contributed by atoms with Gasteiger partial charge in [0, 0.05) is 22.3 Å². The van der Waals surface area contributed by atoms with Gasteiger partial charge in [0.05, 0.1) is 16.0 Å². The molecule has 3 nitrogen and oxygen atoms in total.